The Morgan fingerprint density at radius 1 is 1.17 bits per heavy atom. The number of ketones is 1. The molecule has 156 valence electrons. The number of nitrogens with zero attached hydrogens (tertiary/aromatic N) is 3. The minimum atomic E-state index is -3.64. The van der Waals surface area contributed by atoms with Crippen molar-refractivity contribution >= 4 is 27.4 Å². The van der Waals surface area contributed by atoms with E-state index >= 15 is 0 Å². The first-order chi connectivity index (χ1) is 13.8. The number of sulfonamides is 1. The van der Waals surface area contributed by atoms with Crippen molar-refractivity contribution in [1.29, 1.82) is 0 Å². The molecule has 0 amide bonds. The number of hydrogen-bond acceptors (Lipinski definition) is 4. The summed E-state index contributed by atoms with van der Waals surface area (Å²) >= 11 is 6.08. The molecule has 1 saturated heterocycles. The quantitative estimate of drug-likeness (QED) is 0.495. The van der Waals surface area contributed by atoms with E-state index in [0.717, 1.165) is 17.0 Å². The molecular weight excluding hydrogens is 410 g/mol. The van der Waals surface area contributed by atoms with Crippen LogP contribution in [0.3, 0.4) is 0 Å². The number of carbonyl (C=O) groups excluding carboxylic acids is 1. The summed E-state index contributed by atoms with van der Waals surface area (Å²) in [5, 5.41) is 0.222. The number of halogens is 1. The second-order valence-corrected chi connectivity index (χ2v) is 9.53. The topological polar surface area (TPSA) is 62.6 Å². The third-order valence-electron chi connectivity index (χ3n) is 5.34. The Morgan fingerprint density at radius 2 is 1.83 bits per heavy atom. The zero-order valence-corrected chi connectivity index (χ0v) is 18.3. The van der Waals surface area contributed by atoms with E-state index in [1.807, 2.05) is 30.9 Å². The molecule has 1 fully saturated rings. The number of benzene rings is 1. The van der Waals surface area contributed by atoms with E-state index in [0.29, 0.717) is 32.7 Å². The maximum Gasteiger partial charge on any atom is 0.244 e. The number of allylic oxidation sites excluding steroid dienone is 1. The first-order valence-corrected chi connectivity index (χ1v) is 11.4. The molecule has 0 atom stereocenters. The molecule has 0 bridgehead atoms. The third-order valence-corrected chi connectivity index (χ3v) is 7.74. The molecule has 6 nitrogen and oxygen atoms in total. The van der Waals surface area contributed by atoms with Crippen LogP contribution < -0.4 is 0 Å². The number of hydrogen-bond donors (Lipinski definition) is 0. The van der Waals surface area contributed by atoms with Crippen LogP contribution in [-0.2, 0) is 16.6 Å². The van der Waals surface area contributed by atoms with Gasteiger partial charge >= 0.3 is 0 Å². The van der Waals surface area contributed by atoms with Crippen molar-refractivity contribution < 1.29 is 13.2 Å². The predicted octanol–water partition coefficient (Wildman–Crippen LogP) is 3.13. The van der Waals surface area contributed by atoms with Gasteiger partial charge in [0.05, 0.1) is 11.6 Å². The molecule has 0 aliphatic carbocycles. The highest BCUT2D eigenvalue weighted by molar-refractivity contribution is 7.89. The van der Waals surface area contributed by atoms with Crippen LogP contribution in [0.15, 0.2) is 47.9 Å². The van der Waals surface area contributed by atoms with Gasteiger partial charge in [-0.15, -0.1) is 6.58 Å². The van der Waals surface area contributed by atoms with Gasteiger partial charge in [-0.05, 0) is 32.0 Å². The molecule has 2 heterocycles. The molecule has 8 heteroatoms. The number of aryl methyl sites for hydroxylation is 1. The van der Waals surface area contributed by atoms with Crippen LogP contribution >= 0.6 is 11.6 Å². The smallest absolute Gasteiger partial charge is 0.244 e. The van der Waals surface area contributed by atoms with E-state index in [9.17, 15) is 13.2 Å². The van der Waals surface area contributed by atoms with Crippen LogP contribution in [-0.4, -0.2) is 60.7 Å². The lowest BCUT2D eigenvalue weighted by Crippen LogP contribution is -2.49. The van der Waals surface area contributed by atoms with E-state index in [2.05, 4.69) is 11.1 Å². The minimum absolute atomic E-state index is 0.0517. The lowest BCUT2D eigenvalue weighted by atomic mass is 10.1. The number of Topliss-reactive ketones (excluding diaryl/α,β-unsaturated/α-hetero) is 1. The number of piperazine rings is 1. The van der Waals surface area contributed by atoms with E-state index in [1.54, 1.807) is 18.2 Å². The number of rotatable bonds is 7. The Labute approximate surface area is 177 Å². The van der Waals surface area contributed by atoms with Gasteiger partial charge in [-0.1, -0.05) is 29.8 Å². The monoisotopic (exact) mass is 435 g/mol. The second-order valence-electron chi connectivity index (χ2n) is 7.22. The van der Waals surface area contributed by atoms with E-state index in [-0.39, 0.29) is 22.2 Å². The van der Waals surface area contributed by atoms with Crippen LogP contribution in [0.2, 0.25) is 5.02 Å². The van der Waals surface area contributed by atoms with Crippen LogP contribution in [0, 0.1) is 13.8 Å². The van der Waals surface area contributed by atoms with Crippen molar-refractivity contribution in [2.75, 3.05) is 32.7 Å². The van der Waals surface area contributed by atoms with Gasteiger partial charge in [0.25, 0.3) is 0 Å². The minimum Gasteiger partial charge on any atom is -0.345 e. The molecule has 0 saturated carbocycles. The van der Waals surface area contributed by atoms with E-state index < -0.39 is 10.0 Å². The summed E-state index contributed by atoms with van der Waals surface area (Å²) < 4.78 is 29.2. The average molecular weight is 436 g/mol. The first kappa shape index (κ1) is 21.8. The summed E-state index contributed by atoms with van der Waals surface area (Å²) in [5.74, 6) is 0.0517. The Kier molecular flexibility index (Phi) is 6.63. The molecule has 2 aromatic rings. The van der Waals surface area contributed by atoms with Crippen LogP contribution in [0.25, 0.3) is 0 Å². The van der Waals surface area contributed by atoms with Crippen molar-refractivity contribution in [3.05, 3.63) is 65.0 Å². The summed E-state index contributed by atoms with van der Waals surface area (Å²) in [6.45, 7) is 10.3. The fraction of sp³-hybridized carbons (Fsp3) is 0.381. The Morgan fingerprint density at radius 3 is 2.45 bits per heavy atom. The Balaban J connectivity index is 1.64. The SMILES string of the molecule is C=CCn1c(C)cc(C(=O)CN2CCN(S(=O)(=O)c3ccccc3Cl)CC2)c1C. The van der Waals surface area contributed by atoms with Crippen molar-refractivity contribution in [3.8, 4) is 0 Å². The number of aromatic nitrogens is 1. The van der Waals surface area contributed by atoms with Gasteiger partial charge in [0.2, 0.25) is 10.0 Å². The summed E-state index contributed by atoms with van der Waals surface area (Å²) in [5.41, 5.74) is 2.68. The highest BCUT2D eigenvalue weighted by Gasteiger charge is 2.30. The van der Waals surface area contributed by atoms with Crippen LogP contribution in [0.1, 0.15) is 21.7 Å². The van der Waals surface area contributed by atoms with Gasteiger partial charge in [-0.2, -0.15) is 4.31 Å². The predicted molar refractivity (Wildman–Crippen MR) is 115 cm³/mol. The highest BCUT2D eigenvalue weighted by Crippen LogP contribution is 2.25. The van der Waals surface area contributed by atoms with Gasteiger partial charge in [0, 0.05) is 49.7 Å². The lowest BCUT2D eigenvalue weighted by molar-refractivity contribution is 0.0901. The molecule has 0 unspecified atom stereocenters. The van der Waals surface area contributed by atoms with E-state index in [1.165, 1.54) is 10.4 Å². The van der Waals surface area contributed by atoms with Crippen LogP contribution in [0.4, 0.5) is 0 Å². The highest BCUT2D eigenvalue weighted by atomic mass is 35.5. The summed E-state index contributed by atoms with van der Waals surface area (Å²) in [6, 6.07) is 8.38. The van der Waals surface area contributed by atoms with Gasteiger partial charge < -0.3 is 4.57 Å². The summed E-state index contributed by atoms with van der Waals surface area (Å²) in [6.07, 6.45) is 1.81. The molecule has 0 radical (unpaired) electrons. The Hall–Kier alpha value is -1.93. The molecule has 1 aromatic heterocycles. The fourth-order valence-corrected chi connectivity index (χ4v) is 5.62. The van der Waals surface area contributed by atoms with Gasteiger partial charge in [-0.3, -0.25) is 9.69 Å². The molecule has 1 aliphatic heterocycles. The molecule has 29 heavy (non-hydrogen) atoms. The normalized spacial score (nSPS) is 16.1. The summed E-state index contributed by atoms with van der Waals surface area (Å²) in [7, 11) is -3.64. The number of carbonyl (C=O) groups is 1. The molecule has 1 aromatic carbocycles. The zero-order chi connectivity index (χ0) is 21.2. The first-order valence-electron chi connectivity index (χ1n) is 9.53. The second kappa shape index (κ2) is 8.83. The lowest BCUT2D eigenvalue weighted by Gasteiger charge is -2.33. The molecule has 1 aliphatic rings. The van der Waals surface area contributed by atoms with Crippen molar-refractivity contribution in [3.63, 3.8) is 0 Å². The Bertz CT molecular complexity index is 1020. The van der Waals surface area contributed by atoms with Gasteiger partial charge in [-0.25, -0.2) is 8.42 Å². The zero-order valence-electron chi connectivity index (χ0n) is 16.8. The van der Waals surface area contributed by atoms with Crippen molar-refractivity contribution in [1.82, 2.24) is 13.8 Å². The fourth-order valence-electron chi connectivity index (χ4n) is 3.70. The summed E-state index contributed by atoms with van der Waals surface area (Å²) in [4.78, 5) is 14.9. The third kappa shape index (κ3) is 4.48. The molecular formula is C21H26ClN3O3S. The van der Waals surface area contributed by atoms with Crippen LogP contribution in [0.5, 0.6) is 0 Å². The largest absolute Gasteiger partial charge is 0.345 e. The van der Waals surface area contributed by atoms with Gasteiger partial charge in [0.1, 0.15) is 4.90 Å². The maximum absolute atomic E-state index is 12.9. The van der Waals surface area contributed by atoms with Crippen molar-refractivity contribution in [2.45, 2.75) is 25.3 Å². The molecule has 0 N–H and O–H groups in total. The van der Waals surface area contributed by atoms with Gasteiger partial charge in [0.15, 0.2) is 5.78 Å². The maximum atomic E-state index is 12.9. The molecule has 0 spiro atoms. The average Bonchev–Trinajstić information content (AvgIpc) is 2.97. The standard InChI is InChI=1S/C21H26ClN3O3S/c1-4-9-25-16(2)14-18(17(25)3)20(26)15-23-10-12-24(13-11-23)29(27,28)21-8-6-5-7-19(21)22/h4-8,14H,1,9-13,15H2,2-3H3. The van der Waals surface area contributed by atoms with E-state index in [4.69, 9.17) is 11.6 Å². The molecule has 3 rings (SSSR count). The van der Waals surface area contributed by atoms with Crippen molar-refractivity contribution in [2.24, 2.45) is 0 Å².